The molecule has 1 aliphatic rings. The molecule has 0 radical (unpaired) electrons. The summed E-state index contributed by atoms with van der Waals surface area (Å²) in [5.41, 5.74) is 4.45. The van der Waals surface area contributed by atoms with E-state index in [0.717, 1.165) is 35.4 Å². The summed E-state index contributed by atoms with van der Waals surface area (Å²) in [5, 5.41) is 0. The van der Waals surface area contributed by atoms with Crippen molar-refractivity contribution in [3.63, 3.8) is 0 Å². The summed E-state index contributed by atoms with van der Waals surface area (Å²) < 4.78 is 0. The summed E-state index contributed by atoms with van der Waals surface area (Å²) in [6.07, 6.45) is 3.91. The first-order valence-corrected chi connectivity index (χ1v) is 10.5. The maximum Gasteiger partial charge on any atom is 0.273 e. The Labute approximate surface area is 161 Å². The number of carbonyl (C=O) groups is 2. The maximum atomic E-state index is 12.9. The monoisotopic (exact) mass is 392 g/mol. The van der Waals surface area contributed by atoms with Crippen molar-refractivity contribution >= 4 is 34.5 Å². The van der Waals surface area contributed by atoms with Crippen molar-refractivity contribution in [3.05, 3.63) is 32.2 Å². The predicted molar refractivity (Wildman–Crippen MR) is 104 cm³/mol. The number of aryl methyl sites for hydroxylation is 2. The maximum absolute atomic E-state index is 12.9. The Bertz CT molecular complexity index is 734. The highest BCUT2D eigenvalue weighted by atomic mass is 32.1. The Balaban J connectivity index is 1.81. The first-order chi connectivity index (χ1) is 12.4. The second kappa shape index (κ2) is 7.84. The van der Waals surface area contributed by atoms with Crippen LogP contribution in [-0.4, -0.2) is 57.8 Å². The first-order valence-electron chi connectivity index (χ1n) is 8.76. The van der Waals surface area contributed by atoms with Crippen LogP contribution in [0.15, 0.2) is 11.0 Å². The Morgan fingerprint density at radius 1 is 0.885 bits per heavy atom. The minimum absolute atomic E-state index is 0.00904. The van der Waals surface area contributed by atoms with Gasteiger partial charge in [-0.15, -0.1) is 22.7 Å². The largest absolute Gasteiger partial charge is 0.335 e. The molecule has 6 nitrogen and oxygen atoms in total. The molecular weight excluding hydrogens is 368 g/mol. The van der Waals surface area contributed by atoms with Crippen molar-refractivity contribution in [1.29, 1.82) is 0 Å². The molecule has 3 rings (SSSR count). The SMILES string of the molecule is Cc1scnc1C(=O)N(C)[C@@H]1CCCC[C@H]1N(C)C(=O)c1ncsc1C. The molecule has 26 heavy (non-hydrogen) atoms. The summed E-state index contributed by atoms with van der Waals surface area (Å²) in [4.78, 5) is 39.7. The highest BCUT2D eigenvalue weighted by Gasteiger charge is 2.37. The van der Waals surface area contributed by atoms with Crippen LogP contribution in [0, 0.1) is 13.8 Å². The lowest BCUT2D eigenvalue weighted by Gasteiger charge is -2.42. The summed E-state index contributed by atoms with van der Waals surface area (Å²) in [5.74, 6) is -0.127. The Kier molecular flexibility index (Phi) is 5.72. The van der Waals surface area contributed by atoms with Gasteiger partial charge in [0.25, 0.3) is 11.8 Å². The minimum atomic E-state index is -0.0636. The van der Waals surface area contributed by atoms with E-state index in [1.165, 1.54) is 22.7 Å². The van der Waals surface area contributed by atoms with Gasteiger partial charge in [-0.1, -0.05) is 12.8 Å². The zero-order valence-electron chi connectivity index (χ0n) is 15.6. The van der Waals surface area contributed by atoms with Crippen LogP contribution in [0.1, 0.15) is 56.4 Å². The minimum Gasteiger partial charge on any atom is -0.335 e. The smallest absolute Gasteiger partial charge is 0.273 e. The number of thiazole rings is 2. The molecule has 0 saturated heterocycles. The topological polar surface area (TPSA) is 66.4 Å². The number of hydrogen-bond acceptors (Lipinski definition) is 6. The van der Waals surface area contributed by atoms with Crippen LogP contribution in [0.25, 0.3) is 0 Å². The number of likely N-dealkylation sites (N-methyl/N-ethyl adjacent to an activating group) is 2. The van der Waals surface area contributed by atoms with E-state index in [2.05, 4.69) is 9.97 Å². The third-order valence-corrected chi connectivity index (χ3v) is 6.74. The summed E-state index contributed by atoms with van der Waals surface area (Å²) in [7, 11) is 3.66. The molecule has 0 N–H and O–H groups in total. The van der Waals surface area contributed by atoms with Crippen LogP contribution in [-0.2, 0) is 0 Å². The highest BCUT2D eigenvalue weighted by molar-refractivity contribution is 7.10. The second-order valence-electron chi connectivity index (χ2n) is 6.77. The molecule has 0 aromatic carbocycles. The number of nitrogens with zero attached hydrogens (tertiary/aromatic N) is 4. The lowest BCUT2D eigenvalue weighted by atomic mass is 9.88. The van der Waals surface area contributed by atoms with E-state index in [1.807, 2.05) is 27.9 Å². The average molecular weight is 393 g/mol. The molecule has 8 heteroatoms. The van der Waals surface area contributed by atoms with E-state index in [9.17, 15) is 9.59 Å². The molecule has 1 saturated carbocycles. The summed E-state index contributed by atoms with van der Waals surface area (Å²) in [6.45, 7) is 3.83. The third-order valence-electron chi connectivity index (χ3n) is 5.22. The fraction of sp³-hybridized carbons (Fsp3) is 0.556. The standard InChI is InChI=1S/C18H24N4O2S2/c1-11-15(19-9-25-11)17(23)21(3)13-7-5-6-8-14(13)22(4)18(24)16-12(2)26-10-20-16/h9-10,13-14H,5-8H2,1-4H3/t13-,14-/m1/s1. The van der Waals surface area contributed by atoms with E-state index in [-0.39, 0.29) is 23.9 Å². The van der Waals surface area contributed by atoms with Crippen molar-refractivity contribution in [1.82, 2.24) is 19.8 Å². The van der Waals surface area contributed by atoms with Crippen LogP contribution >= 0.6 is 22.7 Å². The Morgan fingerprint density at radius 2 is 1.27 bits per heavy atom. The number of aromatic nitrogens is 2. The van der Waals surface area contributed by atoms with Gasteiger partial charge in [0, 0.05) is 23.8 Å². The Morgan fingerprint density at radius 3 is 1.58 bits per heavy atom. The number of rotatable bonds is 4. The van der Waals surface area contributed by atoms with E-state index >= 15 is 0 Å². The molecule has 1 fully saturated rings. The van der Waals surface area contributed by atoms with Crippen molar-refractivity contribution < 1.29 is 9.59 Å². The van der Waals surface area contributed by atoms with Crippen LogP contribution in [0.5, 0.6) is 0 Å². The van der Waals surface area contributed by atoms with Gasteiger partial charge in [0.05, 0.1) is 23.1 Å². The molecule has 2 amide bonds. The van der Waals surface area contributed by atoms with E-state index in [1.54, 1.807) is 20.8 Å². The number of hydrogen-bond donors (Lipinski definition) is 0. The lowest BCUT2D eigenvalue weighted by molar-refractivity contribution is 0.0415. The second-order valence-corrected chi connectivity index (χ2v) is 8.88. The third kappa shape index (κ3) is 3.53. The quantitative estimate of drug-likeness (QED) is 0.800. The molecule has 2 atom stereocenters. The van der Waals surface area contributed by atoms with Crippen LogP contribution in [0.3, 0.4) is 0 Å². The van der Waals surface area contributed by atoms with Gasteiger partial charge >= 0.3 is 0 Å². The summed E-state index contributed by atoms with van der Waals surface area (Å²) >= 11 is 2.96. The highest BCUT2D eigenvalue weighted by Crippen LogP contribution is 2.29. The molecule has 2 heterocycles. The average Bonchev–Trinajstić information content (AvgIpc) is 3.27. The summed E-state index contributed by atoms with van der Waals surface area (Å²) in [6, 6.07) is -0.0181. The van der Waals surface area contributed by atoms with Gasteiger partial charge in [-0.25, -0.2) is 9.97 Å². The van der Waals surface area contributed by atoms with E-state index in [0.29, 0.717) is 11.4 Å². The molecule has 140 valence electrons. The number of carbonyl (C=O) groups excluding carboxylic acids is 2. The zero-order chi connectivity index (χ0) is 18.8. The van der Waals surface area contributed by atoms with Crippen LogP contribution in [0.4, 0.5) is 0 Å². The zero-order valence-corrected chi connectivity index (χ0v) is 17.2. The fourth-order valence-electron chi connectivity index (χ4n) is 3.65. The molecule has 0 unspecified atom stereocenters. The van der Waals surface area contributed by atoms with Crippen molar-refractivity contribution in [2.45, 2.75) is 51.6 Å². The van der Waals surface area contributed by atoms with Gasteiger partial charge in [0.1, 0.15) is 11.4 Å². The van der Waals surface area contributed by atoms with Gasteiger partial charge in [-0.3, -0.25) is 9.59 Å². The molecule has 0 spiro atoms. The number of amides is 2. The fourth-order valence-corrected chi connectivity index (χ4v) is 4.79. The molecule has 0 aliphatic heterocycles. The van der Waals surface area contributed by atoms with Gasteiger partial charge in [0.2, 0.25) is 0 Å². The normalized spacial score (nSPS) is 20.0. The Hall–Kier alpha value is -1.80. The van der Waals surface area contributed by atoms with Gasteiger partial charge < -0.3 is 9.80 Å². The molecule has 1 aliphatic carbocycles. The van der Waals surface area contributed by atoms with E-state index < -0.39 is 0 Å². The van der Waals surface area contributed by atoms with Crippen molar-refractivity contribution in [3.8, 4) is 0 Å². The van der Waals surface area contributed by atoms with E-state index in [4.69, 9.17) is 0 Å². The van der Waals surface area contributed by atoms with Gasteiger partial charge in [-0.05, 0) is 26.7 Å². The van der Waals surface area contributed by atoms with Crippen LogP contribution < -0.4 is 0 Å². The van der Waals surface area contributed by atoms with Gasteiger partial charge in [-0.2, -0.15) is 0 Å². The molecule has 2 aromatic rings. The molecule has 0 bridgehead atoms. The molecule has 2 aromatic heterocycles. The van der Waals surface area contributed by atoms with Crippen molar-refractivity contribution in [2.24, 2.45) is 0 Å². The lowest BCUT2D eigenvalue weighted by Crippen LogP contribution is -2.54. The van der Waals surface area contributed by atoms with Crippen molar-refractivity contribution in [2.75, 3.05) is 14.1 Å². The molecular formula is C18H24N4O2S2. The van der Waals surface area contributed by atoms with Crippen LogP contribution in [0.2, 0.25) is 0 Å². The first kappa shape index (κ1) is 19.0. The predicted octanol–water partition coefficient (Wildman–Crippen LogP) is 3.37. The van der Waals surface area contributed by atoms with Gasteiger partial charge in [0.15, 0.2) is 0 Å².